The first-order chi connectivity index (χ1) is 17.7. The molecule has 0 atom stereocenters. The number of amides is 1. The highest BCUT2D eigenvalue weighted by Crippen LogP contribution is 2.33. The van der Waals surface area contributed by atoms with Crippen molar-refractivity contribution in [3.63, 3.8) is 0 Å². The monoisotopic (exact) mass is 542 g/mol. The molecule has 1 amide bonds. The Kier molecular flexibility index (Phi) is 7.98. The highest BCUT2D eigenvalue weighted by Gasteiger charge is 2.39. The van der Waals surface area contributed by atoms with Crippen LogP contribution >= 0.6 is 11.8 Å². The molecule has 10 nitrogen and oxygen atoms in total. The lowest BCUT2D eigenvalue weighted by molar-refractivity contribution is -0.114. The number of hydrazone groups is 1. The zero-order valence-electron chi connectivity index (χ0n) is 20.5. The lowest BCUT2D eigenvalue weighted by Gasteiger charge is -2.20. The van der Waals surface area contributed by atoms with E-state index in [1.807, 2.05) is 30.3 Å². The second-order valence-electron chi connectivity index (χ2n) is 8.48. The maximum Gasteiger partial charge on any atom is 0.283 e. The zero-order chi connectivity index (χ0) is 26.6. The number of fused-ring (bicyclic) bond motifs is 1. The predicted molar refractivity (Wildman–Crippen MR) is 144 cm³/mol. The van der Waals surface area contributed by atoms with E-state index in [0.29, 0.717) is 30.3 Å². The summed E-state index contributed by atoms with van der Waals surface area (Å²) in [6, 6.07) is 14.5. The van der Waals surface area contributed by atoms with E-state index in [1.165, 1.54) is 13.2 Å². The van der Waals surface area contributed by atoms with Crippen molar-refractivity contribution in [1.29, 1.82) is 5.41 Å². The number of nitrogens with zero attached hydrogens (tertiary/aromatic N) is 3. The number of amidine groups is 2. The SMILES string of the molecule is COc1cc(/C=C2/C(=N)N3N=C(S(=O)(=O)CC(C)C)SC3=NC2=O)ccc1OCCOc1ccccc1. The number of carbonyl (C=O) groups is 1. The fourth-order valence-corrected chi connectivity index (χ4v) is 6.29. The fraction of sp³-hybridized carbons (Fsp3) is 0.280. The van der Waals surface area contributed by atoms with Crippen LogP contribution in [0.1, 0.15) is 19.4 Å². The van der Waals surface area contributed by atoms with Gasteiger partial charge in [0.1, 0.15) is 19.0 Å². The van der Waals surface area contributed by atoms with E-state index < -0.39 is 15.7 Å². The third-order valence-electron chi connectivity index (χ3n) is 5.11. The minimum absolute atomic E-state index is 0.0254. The maximum absolute atomic E-state index is 12.7. The van der Waals surface area contributed by atoms with Gasteiger partial charge in [-0.2, -0.15) is 10.0 Å². The zero-order valence-corrected chi connectivity index (χ0v) is 22.1. The number of sulfone groups is 1. The molecular weight excluding hydrogens is 516 g/mol. The molecule has 37 heavy (non-hydrogen) atoms. The molecule has 12 heteroatoms. The first-order valence-corrected chi connectivity index (χ1v) is 13.9. The van der Waals surface area contributed by atoms with Gasteiger partial charge >= 0.3 is 0 Å². The molecular formula is C25H26N4O6S2. The van der Waals surface area contributed by atoms with Crippen LogP contribution in [0.3, 0.4) is 0 Å². The van der Waals surface area contributed by atoms with Crippen molar-refractivity contribution in [2.75, 3.05) is 26.1 Å². The Labute approximate surface area is 219 Å². The molecule has 2 heterocycles. The van der Waals surface area contributed by atoms with Gasteiger partial charge in [0.05, 0.1) is 18.4 Å². The smallest absolute Gasteiger partial charge is 0.283 e. The minimum atomic E-state index is -3.65. The summed E-state index contributed by atoms with van der Waals surface area (Å²) in [6.45, 7) is 4.21. The van der Waals surface area contributed by atoms with Gasteiger partial charge in [-0.25, -0.2) is 8.42 Å². The van der Waals surface area contributed by atoms with Crippen molar-refractivity contribution in [1.82, 2.24) is 5.01 Å². The standard InChI is InChI=1S/C25H26N4O6S2/c1-16(2)15-37(31,32)25-28-29-22(26)19(23(30)27-24(29)36-25)13-17-9-10-20(21(14-17)33-3)35-12-11-34-18-7-5-4-6-8-18/h4-10,13-14,16,26H,11-12,15H2,1-3H3/b19-13-,26-22?. The van der Waals surface area contributed by atoms with Crippen molar-refractivity contribution >= 4 is 49.0 Å². The van der Waals surface area contributed by atoms with E-state index in [-0.39, 0.29) is 32.6 Å². The molecule has 2 aromatic carbocycles. The molecule has 2 aromatic rings. The highest BCUT2D eigenvalue weighted by atomic mass is 32.3. The number of thioether (sulfide) groups is 1. The fourth-order valence-electron chi connectivity index (χ4n) is 3.50. The van der Waals surface area contributed by atoms with Crippen molar-refractivity contribution in [3.8, 4) is 17.2 Å². The van der Waals surface area contributed by atoms with Gasteiger partial charge in [-0.1, -0.05) is 38.1 Å². The van der Waals surface area contributed by atoms with Gasteiger partial charge in [-0.15, -0.1) is 5.10 Å². The van der Waals surface area contributed by atoms with E-state index in [0.717, 1.165) is 22.5 Å². The van der Waals surface area contributed by atoms with Crippen LogP contribution in [0.2, 0.25) is 0 Å². The average molecular weight is 543 g/mol. The summed E-state index contributed by atoms with van der Waals surface area (Å²) in [6.07, 6.45) is 1.48. The van der Waals surface area contributed by atoms with Gasteiger partial charge < -0.3 is 14.2 Å². The number of methoxy groups -OCH3 is 1. The van der Waals surface area contributed by atoms with E-state index in [4.69, 9.17) is 19.6 Å². The van der Waals surface area contributed by atoms with Crippen LogP contribution in [-0.2, 0) is 14.6 Å². The second-order valence-corrected chi connectivity index (χ2v) is 11.6. The summed E-state index contributed by atoms with van der Waals surface area (Å²) in [5.41, 5.74) is 0.544. The van der Waals surface area contributed by atoms with Crippen LogP contribution in [0.5, 0.6) is 17.2 Å². The predicted octanol–water partition coefficient (Wildman–Crippen LogP) is 3.80. The molecule has 0 unspecified atom stereocenters. The minimum Gasteiger partial charge on any atom is -0.493 e. The van der Waals surface area contributed by atoms with Crippen molar-refractivity contribution in [2.24, 2.45) is 16.0 Å². The van der Waals surface area contributed by atoms with Crippen LogP contribution < -0.4 is 14.2 Å². The molecule has 0 aromatic heterocycles. The number of hydrogen-bond acceptors (Lipinski definition) is 9. The molecule has 0 saturated heterocycles. The molecule has 2 aliphatic heterocycles. The molecule has 0 fully saturated rings. The molecule has 0 aliphatic carbocycles. The molecule has 194 valence electrons. The Bertz CT molecular complexity index is 1400. The third-order valence-corrected chi connectivity index (χ3v) is 8.54. The summed E-state index contributed by atoms with van der Waals surface area (Å²) in [5.74, 6) is 0.584. The Hall–Kier alpha value is -3.64. The van der Waals surface area contributed by atoms with E-state index in [9.17, 15) is 13.2 Å². The number of ether oxygens (including phenoxy) is 3. The van der Waals surface area contributed by atoms with Crippen LogP contribution in [0, 0.1) is 11.3 Å². The summed E-state index contributed by atoms with van der Waals surface area (Å²) >= 11 is 0.778. The topological polar surface area (TPSA) is 131 Å². The average Bonchev–Trinajstić information content (AvgIpc) is 3.30. The maximum atomic E-state index is 12.7. The first kappa shape index (κ1) is 26.4. The molecule has 0 saturated carbocycles. The number of carbonyl (C=O) groups excluding carboxylic acids is 1. The van der Waals surface area contributed by atoms with Gasteiger partial charge in [0.2, 0.25) is 19.4 Å². The molecule has 0 radical (unpaired) electrons. The van der Waals surface area contributed by atoms with Crippen LogP contribution in [0.25, 0.3) is 6.08 Å². The van der Waals surface area contributed by atoms with Gasteiger partial charge in [0.25, 0.3) is 5.91 Å². The second kappa shape index (κ2) is 11.2. The van der Waals surface area contributed by atoms with Crippen molar-refractivity contribution in [3.05, 3.63) is 59.7 Å². The summed E-state index contributed by atoms with van der Waals surface area (Å²) in [4.78, 5) is 16.7. The highest BCUT2D eigenvalue weighted by molar-refractivity contribution is 8.42. The molecule has 4 rings (SSSR count). The quantitative estimate of drug-likeness (QED) is 0.374. The van der Waals surface area contributed by atoms with Gasteiger partial charge in [0.15, 0.2) is 17.3 Å². The van der Waals surface area contributed by atoms with Crippen LogP contribution in [0.4, 0.5) is 0 Å². The summed E-state index contributed by atoms with van der Waals surface area (Å²) in [7, 11) is -2.15. The largest absolute Gasteiger partial charge is 0.493 e. The summed E-state index contributed by atoms with van der Waals surface area (Å²) in [5, 5.41) is 13.7. The Morgan fingerprint density at radius 3 is 2.51 bits per heavy atom. The van der Waals surface area contributed by atoms with Gasteiger partial charge in [-0.05, 0) is 53.6 Å². The molecule has 1 N–H and O–H groups in total. The Morgan fingerprint density at radius 2 is 1.81 bits per heavy atom. The lowest BCUT2D eigenvalue weighted by Crippen LogP contribution is -2.35. The van der Waals surface area contributed by atoms with Crippen LogP contribution in [0.15, 0.2) is 64.2 Å². The van der Waals surface area contributed by atoms with Crippen molar-refractivity contribution < 1.29 is 27.4 Å². The number of aliphatic imine (C=N–C) groups is 1. The third kappa shape index (κ3) is 6.20. The van der Waals surface area contributed by atoms with E-state index >= 15 is 0 Å². The Balaban J connectivity index is 1.48. The van der Waals surface area contributed by atoms with E-state index in [2.05, 4.69) is 10.1 Å². The summed E-state index contributed by atoms with van der Waals surface area (Å²) < 4.78 is 41.8. The molecule has 0 bridgehead atoms. The number of rotatable bonds is 9. The number of hydrogen-bond donors (Lipinski definition) is 1. The van der Waals surface area contributed by atoms with Crippen molar-refractivity contribution in [2.45, 2.75) is 13.8 Å². The first-order valence-electron chi connectivity index (χ1n) is 11.4. The van der Waals surface area contributed by atoms with Gasteiger partial charge in [-0.3, -0.25) is 10.2 Å². The lowest BCUT2D eigenvalue weighted by atomic mass is 10.1. The number of benzene rings is 2. The normalized spacial score (nSPS) is 16.5. The molecule has 0 spiro atoms. The number of nitrogens with one attached hydrogen (secondary N) is 1. The molecule has 2 aliphatic rings. The van der Waals surface area contributed by atoms with E-state index in [1.54, 1.807) is 32.0 Å². The van der Waals surface area contributed by atoms with Gasteiger partial charge in [0, 0.05) is 0 Å². The Morgan fingerprint density at radius 1 is 1.08 bits per heavy atom. The van der Waals surface area contributed by atoms with Crippen LogP contribution in [-0.4, -0.2) is 60.8 Å². The number of para-hydroxylation sites is 1.